The summed E-state index contributed by atoms with van der Waals surface area (Å²) < 4.78 is 52.8. The lowest BCUT2D eigenvalue weighted by molar-refractivity contribution is -0.141. The Morgan fingerprint density at radius 1 is 1.22 bits per heavy atom. The highest BCUT2D eigenvalue weighted by Gasteiger charge is 2.34. The van der Waals surface area contributed by atoms with E-state index >= 15 is 0 Å². The van der Waals surface area contributed by atoms with Crippen molar-refractivity contribution in [2.24, 2.45) is 0 Å². The van der Waals surface area contributed by atoms with Gasteiger partial charge in [-0.15, -0.1) is 0 Å². The van der Waals surface area contributed by atoms with Crippen LogP contribution >= 0.6 is 22.6 Å². The number of halogens is 5. The van der Waals surface area contributed by atoms with Crippen molar-refractivity contribution in [2.75, 3.05) is 0 Å². The summed E-state index contributed by atoms with van der Waals surface area (Å²) in [7, 11) is 0. The summed E-state index contributed by atoms with van der Waals surface area (Å²) in [6, 6.07) is 5.13. The van der Waals surface area contributed by atoms with Gasteiger partial charge in [-0.2, -0.15) is 18.3 Å². The van der Waals surface area contributed by atoms with E-state index in [1.54, 1.807) is 6.07 Å². The maximum atomic E-state index is 13.7. The van der Waals surface area contributed by atoms with Crippen LogP contribution in [0.25, 0.3) is 5.69 Å². The highest BCUT2D eigenvalue weighted by atomic mass is 127. The molecule has 2 nitrogen and oxygen atoms in total. The van der Waals surface area contributed by atoms with E-state index in [0.717, 1.165) is 10.7 Å². The lowest BCUT2D eigenvalue weighted by Gasteiger charge is -2.06. The van der Waals surface area contributed by atoms with Gasteiger partial charge in [0, 0.05) is 9.26 Å². The molecule has 18 heavy (non-hydrogen) atoms. The molecule has 7 heteroatoms. The Morgan fingerprint density at radius 2 is 1.89 bits per heavy atom. The van der Waals surface area contributed by atoms with Gasteiger partial charge in [-0.25, -0.2) is 9.07 Å². The predicted molar refractivity (Wildman–Crippen MR) is 66.0 cm³/mol. The molecule has 1 aromatic carbocycles. The van der Waals surface area contributed by atoms with Crippen LogP contribution in [0.1, 0.15) is 11.4 Å². The summed E-state index contributed by atoms with van der Waals surface area (Å²) in [6.45, 7) is 1.44. The normalized spacial score (nSPS) is 11.9. The third kappa shape index (κ3) is 2.50. The highest BCUT2D eigenvalue weighted by molar-refractivity contribution is 14.1. The topological polar surface area (TPSA) is 17.8 Å². The molecule has 1 aromatic heterocycles. The average molecular weight is 370 g/mol. The number of aryl methyl sites for hydroxylation is 1. The van der Waals surface area contributed by atoms with Crippen LogP contribution in [0.5, 0.6) is 0 Å². The summed E-state index contributed by atoms with van der Waals surface area (Å²) in [5.41, 5.74) is -0.802. The predicted octanol–water partition coefficient (Wildman–Crippen LogP) is 3.94. The maximum Gasteiger partial charge on any atom is 0.435 e. The number of hydrogen-bond donors (Lipinski definition) is 0. The molecule has 0 aliphatic heterocycles. The van der Waals surface area contributed by atoms with Crippen LogP contribution in [-0.4, -0.2) is 9.78 Å². The number of rotatable bonds is 1. The van der Waals surface area contributed by atoms with E-state index < -0.39 is 17.7 Å². The lowest BCUT2D eigenvalue weighted by atomic mass is 10.3. The third-order valence-electron chi connectivity index (χ3n) is 2.32. The Kier molecular flexibility index (Phi) is 3.35. The first-order chi connectivity index (χ1) is 8.29. The number of hydrogen-bond acceptors (Lipinski definition) is 1. The van der Waals surface area contributed by atoms with E-state index in [2.05, 4.69) is 5.10 Å². The van der Waals surface area contributed by atoms with Gasteiger partial charge in [0.2, 0.25) is 0 Å². The lowest BCUT2D eigenvalue weighted by Crippen LogP contribution is -2.08. The monoisotopic (exact) mass is 370 g/mol. The molecular formula is C11H7F4IN2. The second-order valence-electron chi connectivity index (χ2n) is 3.68. The molecule has 0 saturated heterocycles. The van der Waals surface area contributed by atoms with Crippen molar-refractivity contribution < 1.29 is 17.6 Å². The molecule has 0 amide bonds. The zero-order chi connectivity index (χ0) is 13.5. The van der Waals surface area contributed by atoms with Crippen molar-refractivity contribution in [3.05, 3.63) is 45.0 Å². The molecular weight excluding hydrogens is 363 g/mol. The Bertz CT molecular complexity index is 589. The van der Waals surface area contributed by atoms with Crippen molar-refractivity contribution in [3.63, 3.8) is 0 Å². The largest absolute Gasteiger partial charge is 0.435 e. The van der Waals surface area contributed by atoms with E-state index in [-0.39, 0.29) is 11.4 Å². The minimum Gasteiger partial charge on any atom is -0.235 e. The smallest absolute Gasteiger partial charge is 0.235 e. The van der Waals surface area contributed by atoms with Crippen LogP contribution in [0.15, 0.2) is 24.3 Å². The fourth-order valence-electron chi connectivity index (χ4n) is 1.51. The minimum absolute atomic E-state index is 0.00316. The first kappa shape index (κ1) is 13.3. The molecule has 0 aliphatic rings. The van der Waals surface area contributed by atoms with E-state index in [9.17, 15) is 17.6 Å². The number of benzene rings is 1. The van der Waals surface area contributed by atoms with Crippen molar-refractivity contribution in [3.8, 4) is 5.69 Å². The highest BCUT2D eigenvalue weighted by Crippen LogP contribution is 2.29. The van der Waals surface area contributed by atoms with E-state index in [0.29, 0.717) is 3.57 Å². The minimum atomic E-state index is -4.53. The molecule has 0 unspecified atom stereocenters. The van der Waals surface area contributed by atoms with Crippen LogP contribution in [0.4, 0.5) is 17.6 Å². The second-order valence-corrected chi connectivity index (χ2v) is 4.92. The van der Waals surface area contributed by atoms with Crippen molar-refractivity contribution in [2.45, 2.75) is 13.1 Å². The molecule has 0 bridgehead atoms. The van der Waals surface area contributed by atoms with E-state index in [1.807, 2.05) is 22.6 Å². The molecule has 0 radical (unpaired) electrons. The summed E-state index contributed by atoms with van der Waals surface area (Å²) in [6.07, 6.45) is -4.53. The Balaban J connectivity index is 2.55. The number of nitrogens with zero attached hydrogens (tertiary/aromatic N) is 2. The zero-order valence-corrected chi connectivity index (χ0v) is 11.3. The molecule has 0 N–H and O–H groups in total. The standard InChI is InChI=1S/C11H7F4IN2/c1-6-4-10(11(13,14)15)17-18(6)9-3-2-7(16)5-8(9)12/h2-5H,1H3. The molecule has 2 aromatic rings. The van der Waals surface area contributed by atoms with Gasteiger partial charge in [-0.1, -0.05) is 0 Å². The number of aromatic nitrogens is 2. The molecule has 0 atom stereocenters. The molecule has 2 rings (SSSR count). The van der Waals surface area contributed by atoms with Gasteiger partial charge in [-0.05, 0) is 53.8 Å². The van der Waals surface area contributed by atoms with Gasteiger partial charge in [0.05, 0.1) is 0 Å². The summed E-state index contributed by atoms with van der Waals surface area (Å²) >= 11 is 1.92. The van der Waals surface area contributed by atoms with Crippen molar-refractivity contribution in [1.82, 2.24) is 9.78 Å². The van der Waals surface area contributed by atoms with Gasteiger partial charge in [-0.3, -0.25) is 0 Å². The fraction of sp³-hybridized carbons (Fsp3) is 0.182. The third-order valence-corrected chi connectivity index (χ3v) is 2.99. The SMILES string of the molecule is Cc1cc(C(F)(F)F)nn1-c1ccc(I)cc1F. The zero-order valence-electron chi connectivity index (χ0n) is 9.09. The summed E-state index contributed by atoms with van der Waals surface area (Å²) in [5.74, 6) is -0.609. The fourth-order valence-corrected chi connectivity index (χ4v) is 1.96. The van der Waals surface area contributed by atoms with Crippen LogP contribution < -0.4 is 0 Å². The maximum absolute atomic E-state index is 13.7. The van der Waals surface area contributed by atoms with E-state index in [4.69, 9.17) is 0 Å². The molecule has 0 aliphatic carbocycles. The molecule has 0 saturated carbocycles. The Morgan fingerprint density at radius 3 is 2.39 bits per heavy atom. The van der Waals surface area contributed by atoms with Crippen molar-refractivity contribution >= 4 is 22.6 Å². The summed E-state index contributed by atoms with van der Waals surface area (Å²) in [5, 5.41) is 3.39. The van der Waals surface area contributed by atoms with Crippen molar-refractivity contribution in [1.29, 1.82) is 0 Å². The molecule has 0 fully saturated rings. The van der Waals surface area contributed by atoms with Crippen LogP contribution in [0, 0.1) is 16.3 Å². The molecule has 1 heterocycles. The Hall–Kier alpha value is -1.12. The van der Waals surface area contributed by atoms with Crippen LogP contribution in [0.3, 0.4) is 0 Å². The van der Waals surface area contributed by atoms with Crippen LogP contribution in [-0.2, 0) is 6.18 Å². The first-order valence-electron chi connectivity index (χ1n) is 4.88. The molecule has 96 valence electrons. The molecule has 0 spiro atoms. The van der Waals surface area contributed by atoms with E-state index in [1.165, 1.54) is 19.1 Å². The summed E-state index contributed by atoms with van der Waals surface area (Å²) in [4.78, 5) is 0. The second kappa shape index (κ2) is 4.52. The van der Waals surface area contributed by atoms with Gasteiger partial charge in [0.15, 0.2) is 5.69 Å². The van der Waals surface area contributed by atoms with Gasteiger partial charge < -0.3 is 0 Å². The Labute approximate surface area is 114 Å². The van der Waals surface area contributed by atoms with Gasteiger partial charge in [0.25, 0.3) is 0 Å². The number of alkyl halides is 3. The van der Waals surface area contributed by atoms with Gasteiger partial charge >= 0.3 is 6.18 Å². The average Bonchev–Trinajstić information content (AvgIpc) is 2.60. The van der Waals surface area contributed by atoms with Gasteiger partial charge in [0.1, 0.15) is 11.5 Å². The first-order valence-corrected chi connectivity index (χ1v) is 5.96. The quantitative estimate of drug-likeness (QED) is 0.549. The van der Waals surface area contributed by atoms with Crippen LogP contribution in [0.2, 0.25) is 0 Å².